The lowest BCUT2D eigenvalue weighted by atomic mass is 9.92. The van der Waals surface area contributed by atoms with E-state index in [0.29, 0.717) is 12.0 Å². The SMILES string of the molecule is C=N[N+]1=[C-]c2ccccc2C(C)CC1C. The number of fused-ring (bicyclic) bond motifs is 1. The maximum Gasteiger partial charge on any atom is 0.168 e. The molecule has 1 aromatic rings. The normalized spacial score (nSPS) is 25.1. The molecule has 0 radical (unpaired) electrons. The maximum atomic E-state index is 3.99. The summed E-state index contributed by atoms with van der Waals surface area (Å²) in [5, 5.41) is 3.99. The van der Waals surface area contributed by atoms with Crippen molar-refractivity contribution in [3.63, 3.8) is 0 Å². The third-order valence-electron chi connectivity index (χ3n) is 2.99. The van der Waals surface area contributed by atoms with E-state index in [4.69, 9.17) is 0 Å². The minimum Gasteiger partial charge on any atom is -0.157 e. The van der Waals surface area contributed by atoms with Gasteiger partial charge < -0.3 is 0 Å². The van der Waals surface area contributed by atoms with Crippen LogP contribution in [0.4, 0.5) is 0 Å². The van der Waals surface area contributed by atoms with Gasteiger partial charge in [0.25, 0.3) is 0 Å². The Hall–Kier alpha value is -1.44. The largest absolute Gasteiger partial charge is 0.168 e. The van der Waals surface area contributed by atoms with Crippen LogP contribution in [-0.4, -0.2) is 23.7 Å². The smallest absolute Gasteiger partial charge is 0.157 e. The molecule has 78 valence electrons. The Balaban J connectivity index is 2.53. The van der Waals surface area contributed by atoms with Crippen molar-refractivity contribution in [2.24, 2.45) is 5.10 Å². The molecular weight excluding hydrogens is 184 g/mol. The molecule has 0 aliphatic carbocycles. The van der Waals surface area contributed by atoms with Crippen molar-refractivity contribution in [2.75, 3.05) is 0 Å². The quantitative estimate of drug-likeness (QED) is 0.376. The van der Waals surface area contributed by atoms with Crippen LogP contribution in [0, 0.1) is 0 Å². The van der Waals surface area contributed by atoms with Gasteiger partial charge in [-0.05, 0) is 12.0 Å². The van der Waals surface area contributed by atoms with E-state index < -0.39 is 0 Å². The lowest BCUT2D eigenvalue weighted by molar-refractivity contribution is -0.563. The Morgan fingerprint density at radius 2 is 2.13 bits per heavy atom. The molecule has 0 spiro atoms. The Morgan fingerprint density at radius 3 is 2.87 bits per heavy atom. The molecule has 0 saturated carbocycles. The zero-order chi connectivity index (χ0) is 10.8. The van der Waals surface area contributed by atoms with Gasteiger partial charge in [-0.25, -0.2) is 0 Å². The highest BCUT2D eigenvalue weighted by Gasteiger charge is 2.20. The topological polar surface area (TPSA) is 15.4 Å². The minimum atomic E-state index is 0.366. The highest BCUT2D eigenvalue weighted by atomic mass is 15.4. The fourth-order valence-electron chi connectivity index (χ4n) is 2.18. The van der Waals surface area contributed by atoms with Gasteiger partial charge in [-0.2, -0.15) is 6.07 Å². The fourth-order valence-corrected chi connectivity index (χ4v) is 2.18. The third kappa shape index (κ3) is 1.84. The zero-order valence-corrected chi connectivity index (χ0v) is 9.27. The van der Waals surface area contributed by atoms with Crippen molar-refractivity contribution < 1.29 is 4.68 Å². The summed E-state index contributed by atoms with van der Waals surface area (Å²) >= 11 is 0. The van der Waals surface area contributed by atoms with Crippen molar-refractivity contribution in [2.45, 2.75) is 32.2 Å². The summed E-state index contributed by atoms with van der Waals surface area (Å²) in [6.07, 6.45) is 4.38. The van der Waals surface area contributed by atoms with Crippen LogP contribution < -0.4 is 0 Å². The van der Waals surface area contributed by atoms with E-state index in [1.54, 1.807) is 0 Å². The van der Waals surface area contributed by atoms with E-state index >= 15 is 0 Å². The zero-order valence-electron chi connectivity index (χ0n) is 9.27. The fraction of sp³-hybridized carbons (Fsp3) is 0.385. The second-order valence-electron chi connectivity index (χ2n) is 4.17. The molecule has 1 aromatic carbocycles. The predicted octanol–water partition coefficient (Wildman–Crippen LogP) is 2.51. The first-order valence-corrected chi connectivity index (χ1v) is 5.34. The maximum absolute atomic E-state index is 3.99. The molecule has 1 heterocycles. The first-order valence-electron chi connectivity index (χ1n) is 5.34. The second kappa shape index (κ2) is 3.97. The lowest BCUT2D eigenvalue weighted by Crippen LogP contribution is -2.18. The van der Waals surface area contributed by atoms with Gasteiger partial charge in [0, 0.05) is 6.42 Å². The van der Waals surface area contributed by atoms with Gasteiger partial charge in [-0.1, -0.05) is 18.9 Å². The third-order valence-corrected chi connectivity index (χ3v) is 2.99. The molecule has 1 aliphatic rings. The van der Waals surface area contributed by atoms with Crippen LogP contribution in [0.25, 0.3) is 0 Å². The summed E-state index contributed by atoms with van der Waals surface area (Å²) in [5.74, 6) is 0.551. The van der Waals surface area contributed by atoms with Crippen LogP contribution in [0.3, 0.4) is 0 Å². The monoisotopic (exact) mass is 200 g/mol. The summed E-state index contributed by atoms with van der Waals surface area (Å²) < 4.78 is 1.84. The highest BCUT2D eigenvalue weighted by molar-refractivity contribution is 5.78. The molecule has 2 heteroatoms. The average Bonchev–Trinajstić information content (AvgIpc) is 2.36. The lowest BCUT2D eigenvalue weighted by Gasteiger charge is -2.16. The van der Waals surface area contributed by atoms with Gasteiger partial charge in [0.05, 0.1) is 6.72 Å². The van der Waals surface area contributed by atoms with Crippen LogP contribution in [0.2, 0.25) is 0 Å². The molecule has 2 rings (SSSR count). The first kappa shape index (κ1) is 10.1. The molecule has 15 heavy (non-hydrogen) atoms. The van der Waals surface area contributed by atoms with Gasteiger partial charge in [-0.15, -0.1) is 27.9 Å². The van der Waals surface area contributed by atoms with Crippen molar-refractivity contribution in [1.29, 1.82) is 0 Å². The summed E-state index contributed by atoms with van der Waals surface area (Å²) in [4.78, 5) is 0. The van der Waals surface area contributed by atoms with Crippen molar-refractivity contribution >= 4 is 12.9 Å². The number of benzene rings is 1. The Bertz CT molecular complexity index is 407. The standard InChI is InChI=1S/C13H16N2/c1-10-8-11(2)15(14-3)9-12-6-4-5-7-13(10)12/h4-7,10-11H,3,8H2,1-2H3. The summed E-state index contributed by atoms with van der Waals surface area (Å²) in [7, 11) is 0. The van der Waals surface area contributed by atoms with Gasteiger partial charge in [0.2, 0.25) is 0 Å². The molecule has 0 bridgehead atoms. The van der Waals surface area contributed by atoms with Crippen molar-refractivity contribution in [3.05, 3.63) is 35.4 Å². The van der Waals surface area contributed by atoms with Gasteiger partial charge in [0.1, 0.15) is 0 Å². The second-order valence-corrected chi connectivity index (χ2v) is 4.17. The molecule has 2 nitrogen and oxygen atoms in total. The highest BCUT2D eigenvalue weighted by Crippen LogP contribution is 2.26. The summed E-state index contributed by atoms with van der Waals surface area (Å²) in [6.45, 7) is 8.00. The van der Waals surface area contributed by atoms with Gasteiger partial charge in [-0.3, -0.25) is 0 Å². The minimum absolute atomic E-state index is 0.366. The molecule has 0 saturated heterocycles. The van der Waals surface area contributed by atoms with E-state index in [2.05, 4.69) is 50.1 Å². The molecule has 2 unspecified atom stereocenters. The molecule has 2 atom stereocenters. The number of hydrogen-bond acceptors (Lipinski definition) is 1. The Kier molecular flexibility index (Phi) is 2.67. The van der Waals surface area contributed by atoms with Crippen LogP contribution in [-0.2, 0) is 0 Å². The van der Waals surface area contributed by atoms with Crippen LogP contribution in [0.15, 0.2) is 29.4 Å². The van der Waals surface area contributed by atoms with Crippen LogP contribution in [0.5, 0.6) is 0 Å². The van der Waals surface area contributed by atoms with E-state index in [1.807, 2.05) is 10.8 Å². The number of rotatable bonds is 1. The molecule has 1 aliphatic heterocycles. The van der Waals surface area contributed by atoms with Crippen LogP contribution in [0.1, 0.15) is 37.3 Å². The first-order chi connectivity index (χ1) is 7.22. The van der Waals surface area contributed by atoms with Crippen molar-refractivity contribution in [1.82, 2.24) is 0 Å². The number of nitrogens with zero attached hydrogens (tertiary/aromatic N) is 2. The number of hydrazone groups is 1. The van der Waals surface area contributed by atoms with E-state index in [0.717, 1.165) is 12.0 Å². The van der Waals surface area contributed by atoms with E-state index in [-0.39, 0.29) is 0 Å². The molecule has 0 N–H and O–H groups in total. The molecular formula is C13H16N2. The Labute approximate surface area is 91.0 Å². The van der Waals surface area contributed by atoms with Crippen molar-refractivity contribution in [3.8, 4) is 0 Å². The summed E-state index contributed by atoms with van der Waals surface area (Å²) in [6, 6.07) is 8.74. The van der Waals surface area contributed by atoms with Crippen LogP contribution >= 0.6 is 0 Å². The summed E-state index contributed by atoms with van der Waals surface area (Å²) in [5.41, 5.74) is 2.50. The molecule has 0 amide bonds. The predicted molar refractivity (Wildman–Crippen MR) is 62.9 cm³/mol. The van der Waals surface area contributed by atoms with Gasteiger partial charge >= 0.3 is 0 Å². The average molecular weight is 200 g/mol. The molecule has 0 aromatic heterocycles. The van der Waals surface area contributed by atoms with Gasteiger partial charge in [0.15, 0.2) is 12.3 Å². The molecule has 0 fully saturated rings. The van der Waals surface area contributed by atoms with E-state index in [1.165, 1.54) is 5.56 Å². The Morgan fingerprint density at radius 1 is 1.40 bits per heavy atom. The van der Waals surface area contributed by atoms with E-state index in [9.17, 15) is 0 Å². The number of hydrogen-bond donors (Lipinski definition) is 0.